The second-order valence-corrected chi connectivity index (χ2v) is 6.26. The third-order valence-corrected chi connectivity index (χ3v) is 3.99. The summed E-state index contributed by atoms with van der Waals surface area (Å²) in [5.74, 6) is -2.21. The van der Waals surface area contributed by atoms with E-state index >= 15 is 0 Å². The third-order valence-electron chi connectivity index (χ3n) is 3.99. The van der Waals surface area contributed by atoms with E-state index in [1.165, 1.54) is 36.4 Å². The standard InChI is InChI=1S/C13H18N4O3.C6H6N2O2.ClH/c14-12(15)17-8-4-7-13(16,11(19)20)10(18)9-5-2-1-3-6-9;7-5-1-3-6(4-2-5)8(9)10;/h1-3,5-6H,4,7-8,16H2,(H,19,20)(H4,14,15,17);1-4H,7H2;1H/t13-;;/m1../s1. The maximum atomic E-state index is 12.2. The molecule has 12 heteroatoms. The molecule has 0 amide bonds. The lowest BCUT2D eigenvalue weighted by Gasteiger charge is -2.23. The zero-order valence-electron chi connectivity index (χ0n) is 16.5. The molecule has 1 atom stereocenters. The smallest absolute Gasteiger partial charge is 0.331 e. The number of carboxylic acid groups (broad SMARTS) is 1. The van der Waals surface area contributed by atoms with E-state index in [-0.39, 0.29) is 42.6 Å². The first-order valence-corrected chi connectivity index (χ1v) is 8.78. The van der Waals surface area contributed by atoms with Crippen LogP contribution >= 0.6 is 12.4 Å². The van der Waals surface area contributed by atoms with Gasteiger partial charge >= 0.3 is 5.97 Å². The van der Waals surface area contributed by atoms with E-state index in [9.17, 15) is 24.8 Å². The monoisotopic (exact) mass is 452 g/mol. The number of hydrogen-bond acceptors (Lipinski definition) is 7. The number of halogens is 1. The van der Waals surface area contributed by atoms with Gasteiger partial charge in [-0.3, -0.25) is 20.3 Å². The molecular formula is C19H25ClN6O5. The number of Topliss-reactive ketones (excluding diaryl/α,β-unsaturated/α-hetero) is 1. The van der Waals surface area contributed by atoms with Crippen molar-refractivity contribution in [2.45, 2.75) is 18.4 Å². The number of nitrogens with two attached hydrogens (primary N) is 3. The van der Waals surface area contributed by atoms with Gasteiger partial charge in [0.25, 0.3) is 5.69 Å². The predicted octanol–water partition coefficient (Wildman–Crippen LogP) is 1.51. The first-order valence-electron chi connectivity index (χ1n) is 8.78. The Bertz CT molecular complexity index is 894. The zero-order valence-corrected chi connectivity index (χ0v) is 17.3. The van der Waals surface area contributed by atoms with Crippen LogP contribution in [0.25, 0.3) is 0 Å². The van der Waals surface area contributed by atoms with Crippen molar-refractivity contribution in [2.24, 2.45) is 11.5 Å². The summed E-state index contributed by atoms with van der Waals surface area (Å²) >= 11 is 0. The number of rotatable bonds is 8. The summed E-state index contributed by atoms with van der Waals surface area (Å²) in [6, 6.07) is 13.8. The Morgan fingerprint density at radius 1 is 1.13 bits per heavy atom. The number of hydrogen-bond donors (Lipinski definition) is 6. The molecule has 168 valence electrons. The predicted molar refractivity (Wildman–Crippen MR) is 119 cm³/mol. The van der Waals surface area contributed by atoms with Crippen molar-refractivity contribution >= 4 is 41.5 Å². The van der Waals surface area contributed by atoms with E-state index in [0.717, 1.165) is 0 Å². The number of carbonyl (C=O) groups excluding carboxylic acids is 1. The molecule has 2 rings (SSSR count). The quantitative estimate of drug-likeness (QED) is 0.0499. The number of carboxylic acids is 1. The van der Waals surface area contributed by atoms with Crippen LogP contribution in [0.5, 0.6) is 0 Å². The van der Waals surface area contributed by atoms with Crippen LogP contribution in [0.1, 0.15) is 23.2 Å². The van der Waals surface area contributed by atoms with Gasteiger partial charge in [0.2, 0.25) is 0 Å². The number of ketones is 1. The third kappa shape index (κ3) is 8.68. The van der Waals surface area contributed by atoms with Gasteiger partial charge in [0.1, 0.15) is 0 Å². The van der Waals surface area contributed by atoms with Crippen LogP contribution in [0.4, 0.5) is 11.4 Å². The molecule has 0 aliphatic rings. The summed E-state index contributed by atoms with van der Waals surface area (Å²) in [4.78, 5) is 33.2. The van der Waals surface area contributed by atoms with E-state index in [0.29, 0.717) is 12.1 Å². The Morgan fingerprint density at radius 3 is 2.13 bits per heavy atom. The maximum Gasteiger partial charge on any atom is 0.331 e. The second-order valence-electron chi connectivity index (χ2n) is 6.26. The topological polar surface area (TPSA) is 211 Å². The minimum atomic E-state index is -1.97. The molecule has 31 heavy (non-hydrogen) atoms. The molecule has 0 spiro atoms. The molecule has 0 saturated heterocycles. The van der Waals surface area contributed by atoms with Gasteiger partial charge in [-0.05, 0) is 25.0 Å². The molecular weight excluding hydrogens is 428 g/mol. The SMILES string of the molecule is Cl.N=C(N)NCCC[C@](N)(C(=O)O)C(=O)c1ccccc1.Nc1ccc([N+](=O)[O-])cc1. The number of aliphatic carboxylic acids is 1. The van der Waals surface area contributed by atoms with Crippen LogP contribution < -0.4 is 22.5 Å². The number of nitrogens with zero attached hydrogens (tertiary/aromatic N) is 1. The fourth-order valence-electron chi connectivity index (χ4n) is 2.35. The van der Waals surface area contributed by atoms with Crippen molar-refractivity contribution in [3.8, 4) is 0 Å². The summed E-state index contributed by atoms with van der Waals surface area (Å²) in [6.45, 7) is 0.281. The number of guanidine groups is 1. The molecule has 0 aliphatic heterocycles. The lowest BCUT2D eigenvalue weighted by atomic mass is 9.86. The van der Waals surface area contributed by atoms with Crippen LogP contribution in [-0.2, 0) is 4.79 Å². The highest BCUT2D eigenvalue weighted by Gasteiger charge is 2.41. The van der Waals surface area contributed by atoms with Gasteiger partial charge in [-0.2, -0.15) is 0 Å². The van der Waals surface area contributed by atoms with E-state index in [1.54, 1.807) is 18.2 Å². The lowest BCUT2D eigenvalue weighted by Crippen LogP contribution is -2.55. The van der Waals surface area contributed by atoms with Crippen molar-refractivity contribution < 1.29 is 19.6 Å². The van der Waals surface area contributed by atoms with Gasteiger partial charge in [-0.25, -0.2) is 4.79 Å². The summed E-state index contributed by atoms with van der Waals surface area (Å²) < 4.78 is 0. The summed E-state index contributed by atoms with van der Waals surface area (Å²) in [7, 11) is 0. The average molecular weight is 453 g/mol. The van der Waals surface area contributed by atoms with E-state index in [1.807, 2.05) is 0 Å². The van der Waals surface area contributed by atoms with Gasteiger partial charge in [-0.1, -0.05) is 30.3 Å². The molecule has 0 aliphatic carbocycles. The van der Waals surface area contributed by atoms with Crippen molar-refractivity contribution in [1.82, 2.24) is 5.32 Å². The Balaban J connectivity index is 0.000000688. The van der Waals surface area contributed by atoms with Crippen LogP contribution in [0, 0.1) is 15.5 Å². The highest BCUT2D eigenvalue weighted by molar-refractivity contribution is 6.15. The number of nitrogen functional groups attached to an aromatic ring is 1. The van der Waals surface area contributed by atoms with Gasteiger partial charge in [0.05, 0.1) is 4.92 Å². The van der Waals surface area contributed by atoms with E-state index in [4.69, 9.17) is 22.6 Å². The molecule has 2 aromatic rings. The highest BCUT2D eigenvalue weighted by Crippen LogP contribution is 2.17. The largest absolute Gasteiger partial charge is 0.480 e. The van der Waals surface area contributed by atoms with Gasteiger partial charge < -0.3 is 27.6 Å². The Kier molecular flexibility index (Phi) is 11.3. The fraction of sp³-hybridized carbons (Fsp3) is 0.211. The van der Waals surface area contributed by atoms with Gasteiger partial charge in [0, 0.05) is 29.9 Å². The number of benzene rings is 2. The van der Waals surface area contributed by atoms with Gasteiger partial charge in [0.15, 0.2) is 17.3 Å². The number of anilines is 1. The van der Waals surface area contributed by atoms with Crippen molar-refractivity contribution in [2.75, 3.05) is 12.3 Å². The molecule has 0 radical (unpaired) electrons. The molecule has 0 unspecified atom stereocenters. The summed E-state index contributed by atoms with van der Waals surface area (Å²) in [5, 5.41) is 28.8. The van der Waals surface area contributed by atoms with Crippen LogP contribution in [0.2, 0.25) is 0 Å². The fourth-order valence-corrected chi connectivity index (χ4v) is 2.35. The Morgan fingerprint density at radius 2 is 1.68 bits per heavy atom. The first kappa shape index (κ1) is 27.3. The Hall–Kier alpha value is -3.70. The van der Waals surface area contributed by atoms with Crippen LogP contribution in [-0.4, -0.2) is 39.8 Å². The summed E-state index contributed by atoms with van der Waals surface area (Å²) in [5.41, 5.74) is 15.1. The first-order chi connectivity index (χ1) is 14.1. The minimum Gasteiger partial charge on any atom is -0.480 e. The highest BCUT2D eigenvalue weighted by atomic mass is 35.5. The van der Waals surface area contributed by atoms with Gasteiger partial charge in [-0.15, -0.1) is 12.4 Å². The van der Waals surface area contributed by atoms with Crippen molar-refractivity contribution in [3.63, 3.8) is 0 Å². The van der Waals surface area contributed by atoms with Crippen molar-refractivity contribution in [1.29, 1.82) is 5.41 Å². The van der Waals surface area contributed by atoms with Crippen molar-refractivity contribution in [3.05, 3.63) is 70.3 Å². The number of nitro benzene ring substituents is 1. The molecule has 9 N–H and O–H groups in total. The Labute approximate surface area is 184 Å². The molecule has 11 nitrogen and oxygen atoms in total. The molecule has 0 fully saturated rings. The molecule has 0 bridgehead atoms. The number of nitrogens with one attached hydrogen (secondary N) is 2. The van der Waals surface area contributed by atoms with E-state index < -0.39 is 22.2 Å². The van der Waals surface area contributed by atoms with E-state index in [2.05, 4.69) is 5.32 Å². The van der Waals surface area contributed by atoms with Crippen LogP contribution in [0.3, 0.4) is 0 Å². The second kappa shape index (κ2) is 12.8. The molecule has 0 aromatic heterocycles. The number of non-ortho nitro benzene ring substituents is 1. The summed E-state index contributed by atoms with van der Waals surface area (Å²) in [6.07, 6.45) is 0.261. The zero-order chi connectivity index (χ0) is 22.7. The lowest BCUT2D eigenvalue weighted by molar-refractivity contribution is -0.384. The number of nitro groups is 1. The van der Waals surface area contributed by atoms with Crippen LogP contribution in [0.15, 0.2) is 54.6 Å². The minimum absolute atomic E-state index is 0. The average Bonchev–Trinajstić information content (AvgIpc) is 2.71. The molecule has 0 saturated carbocycles. The number of carbonyl (C=O) groups is 2. The molecule has 0 heterocycles. The maximum absolute atomic E-state index is 12.2. The normalized spacial score (nSPS) is 11.5. The molecule has 2 aromatic carbocycles.